The van der Waals surface area contributed by atoms with E-state index in [1.54, 1.807) is 6.07 Å². The highest BCUT2D eigenvalue weighted by Gasteiger charge is 2.30. The lowest BCUT2D eigenvalue weighted by Gasteiger charge is -2.14. The third-order valence-corrected chi connectivity index (χ3v) is 3.57. The largest absolute Gasteiger partial charge is 0.416 e. The van der Waals surface area contributed by atoms with Gasteiger partial charge in [-0.15, -0.1) is 0 Å². The summed E-state index contributed by atoms with van der Waals surface area (Å²) in [6, 6.07) is 13.2. The maximum Gasteiger partial charge on any atom is 0.416 e. The van der Waals surface area contributed by atoms with E-state index in [0.717, 1.165) is 36.6 Å². The molecule has 1 nitrogen and oxygen atoms in total. The molecule has 0 heterocycles. The van der Waals surface area contributed by atoms with Gasteiger partial charge in [0.2, 0.25) is 0 Å². The van der Waals surface area contributed by atoms with Crippen molar-refractivity contribution in [3.63, 3.8) is 0 Å². The summed E-state index contributed by atoms with van der Waals surface area (Å²) in [4.78, 5) is 2.10. The fraction of sp³-hybridized carbons (Fsp3) is 0.333. The van der Waals surface area contributed by atoms with Gasteiger partial charge in [0.05, 0.1) is 5.56 Å². The number of halogens is 3. The minimum absolute atomic E-state index is 0.604. The van der Waals surface area contributed by atoms with E-state index >= 15 is 0 Å². The molecule has 0 atom stereocenters. The summed E-state index contributed by atoms with van der Waals surface area (Å²) in [5.74, 6) is 0. The third kappa shape index (κ3) is 4.34. The van der Waals surface area contributed by atoms with Crippen LogP contribution >= 0.6 is 0 Å². The number of alkyl halides is 3. The summed E-state index contributed by atoms with van der Waals surface area (Å²) in [6.45, 7) is 0.955. The van der Waals surface area contributed by atoms with Gasteiger partial charge in [-0.2, -0.15) is 13.2 Å². The van der Waals surface area contributed by atoms with Crippen molar-refractivity contribution in [2.45, 2.75) is 19.0 Å². The SMILES string of the molecule is CN(C)CCCc1ccccc1-c1cccc(C(F)(F)F)c1. The van der Waals surface area contributed by atoms with Crippen molar-refractivity contribution in [3.05, 3.63) is 59.7 Å². The van der Waals surface area contributed by atoms with Gasteiger partial charge in [0.25, 0.3) is 0 Å². The van der Waals surface area contributed by atoms with Crippen LogP contribution in [0.4, 0.5) is 13.2 Å². The highest BCUT2D eigenvalue weighted by atomic mass is 19.4. The predicted octanol–water partition coefficient (Wildman–Crippen LogP) is 4.87. The Morgan fingerprint density at radius 1 is 0.955 bits per heavy atom. The van der Waals surface area contributed by atoms with Crippen LogP contribution in [-0.2, 0) is 12.6 Å². The molecule has 0 spiro atoms. The van der Waals surface area contributed by atoms with Gasteiger partial charge < -0.3 is 4.90 Å². The zero-order valence-corrected chi connectivity index (χ0v) is 12.8. The number of benzene rings is 2. The van der Waals surface area contributed by atoms with Crippen LogP contribution < -0.4 is 0 Å². The first-order valence-corrected chi connectivity index (χ1v) is 7.28. The highest BCUT2D eigenvalue weighted by molar-refractivity contribution is 5.68. The summed E-state index contributed by atoms with van der Waals surface area (Å²) in [6.07, 6.45) is -2.48. The van der Waals surface area contributed by atoms with Gasteiger partial charge in [-0.05, 0) is 62.3 Å². The van der Waals surface area contributed by atoms with Crippen LogP contribution in [0.2, 0.25) is 0 Å². The van der Waals surface area contributed by atoms with Crippen LogP contribution in [0, 0.1) is 0 Å². The number of hydrogen-bond donors (Lipinski definition) is 0. The molecule has 0 aromatic heterocycles. The van der Waals surface area contributed by atoms with E-state index in [2.05, 4.69) is 4.90 Å². The van der Waals surface area contributed by atoms with Crippen molar-refractivity contribution in [2.24, 2.45) is 0 Å². The molecule has 0 aliphatic carbocycles. The van der Waals surface area contributed by atoms with E-state index in [1.807, 2.05) is 38.4 Å². The summed E-state index contributed by atoms with van der Waals surface area (Å²) in [7, 11) is 4.03. The molecule has 2 aromatic carbocycles. The molecule has 0 N–H and O–H groups in total. The molecule has 2 rings (SSSR count). The van der Waals surface area contributed by atoms with Gasteiger partial charge >= 0.3 is 6.18 Å². The quantitative estimate of drug-likeness (QED) is 0.762. The molecule has 2 aromatic rings. The minimum Gasteiger partial charge on any atom is -0.309 e. The van der Waals surface area contributed by atoms with Crippen molar-refractivity contribution in [3.8, 4) is 11.1 Å². The standard InChI is InChI=1S/C18H20F3N/c1-22(2)12-6-9-14-7-3-4-11-17(14)15-8-5-10-16(13-15)18(19,20)21/h3-5,7-8,10-11,13H,6,9,12H2,1-2H3. The second kappa shape index (κ2) is 6.97. The number of hydrogen-bond acceptors (Lipinski definition) is 1. The summed E-state index contributed by atoms with van der Waals surface area (Å²) >= 11 is 0. The fourth-order valence-electron chi connectivity index (χ4n) is 2.47. The normalized spacial score (nSPS) is 11.9. The van der Waals surface area contributed by atoms with Crippen LogP contribution in [0.1, 0.15) is 17.5 Å². The van der Waals surface area contributed by atoms with E-state index in [9.17, 15) is 13.2 Å². The molecule has 0 radical (unpaired) electrons. The fourth-order valence-corrected chi connectivity index (χ4v) is 2.47. The Bertz CT molecular complexity index is 618. The van der Waals surface area contributed by atoms with Gasteiger partial charge in [-0.25, -0.2) is 0 Å². The van der Waals surface area contributed by atoms with Crippen LogP contribution in [0.25, 0.3) is 11.1 Å². The topological polar surface area (TPSA) is 3.24 Å². The van der Waals surface area contributed by atoms with Crippen LogP contribution in [-0.4, -0.2) is 25.5 Å². The first kappa shape index (κ1) is 16.6. The van der Waals surface area contributed by atoms with Gasteiger partial charge in [0, 0.05) is 0 Å². The summed E-state index contributed by atoms with van der Waals surface area (Å²) in [5, 5.41) is 0. The van der Waals surface area contributed by atoms with Crippen LogP contribution in [0.3, 0.4) is 0 Å². The van der Waals surface area contributed by atoms with Crippen molar-refractivity contribution in [1.29, 1.82) is 0 Å². The van der Waals surface area contributed by atoms with Crippen molar-refractivity contribution < 1.29 is 13.2 Å². The molecule has 0 amide bonds. The predicted molar refractivity (Wildman–Crippen MR) is 83.8 cm³/mol. The average molecular weight is 307 g/mol. The summed E-state index contributed by atoms with van der Waals surface area (Å²) in [5.41, 5.74) is 1.99. The van der Waals surface area contributed by atoms with E-state index in [0.29, 0.717) is 5.56 Å². The van der Waals surface area contributed by atoms with Crippen LogP contribution in [0.15, 0.2) is 48.5 Å². The van der Waals surface area contributed by atoms with Gasteiger partial charge in [-0.3, -0.25) is 0 Å². The molecule has 0 aliphatic rings. The Hall–Kier alpha value is -1.81. The summed E-state index contributed by atoms with van der Waals surface area (Å²) < 4.78 is 38.6. The minimum atomic E-state index is -4.31. The molecule has 0 unspecified atom stereocenters. The molecule has 4 heteroatoms. The zero-order valence-electron chi connectivity index (χ0n) is 12.8. The maximum atomic E-state index is 12.9. The molecule has 22 heavy (non-hydrogen) atoms. The lowest BCUT2D eigenvalue weighted by molar-refractivity contribution is -0.137. The van der Waals surface area contributed by atoms with Crippen molar-refractivity contribution >= 4 is 0 Å². The third-order valence-electron chi connectivity index (χ3n) is 3.57. The number of nitrogens with zero attached hydrogens (tertiary/aromatic N) is 1. The van der Waals surface area contributed by atoms with E-state index in [4.69, 9.17) is 0 Å². The monoisotopic (exact) mass is 307 g/mol. The zero-order chi connectivity index (χ0) is 16.2. The molecule has 0 bridgehead atoms. The van der Waals surface area contributed by atoms with Crippen LogP contribution in [0.5, 0.6) is 0 Å². The average Bonchev–Trinajstić information content (AvgIpc) is 2.47. The molecular weight excluding hydrogens is 287 g/mol. The second-order valence-corrected chi connectivity index (χ2v) is 5.64. The first-order valence-electron chi connectivity index (χ1n) is 7.28. The highest BCUT2D eigenvalue weighted by Crippen LogP contribution is 2.33. The molecule has 0 aliphatic heterocycles. The molecule has 0 saturated heterocycles. The smallest absolute Gasteiger partial charge is 0.309 e. The van der Waals surface area contributed by atoms with E-state index in [-0.39, 0.29) is 0 Å². The Labute approximate surface area is 129 Å². The van der Waals surface area contributed by atoms with Gasteiger partial charge in [0.15, 0.2) is 0 Å². The van der Waals surface area contributed by atoms with Gasteiger partial charge in [-0.1, -0.05) is 36.4 Å². The van der Waals surface area contributed by atoms with E-state index < -0.39 is 11.7 Å². The van der Waals surface area contributed by atoms with Crippen molar-refractivity contribution in [1.82, 2.24) is 4.90 Å². The number of aryl methyl sites for hydroxylation is 1. The Kier molecular flexibility index (Phi) is 5.24. The Morgan fingerprint density at radius 2 is 1.68 bits per heavy atom. The Morgan fingerprint density at radius 3 is 2.36 bits per heavy atom. The molecule has 0 fully saturated rings. The lowest BCUT2D eigenvalue weighted by Crippen LogP contribution is -2.13. The molecule has 118 valence electrons. The second-order valence-electron chi connectivity index (χ2n) is 5.64. The van der Waals surface area contributed by atoms with E-state index in [1.165, 1.54) is 12.1 Å². The lowest BCUT2D eigenvalue weighted by atomic mass is 9.95. The molecule has 0 saturated carbocycles. The number of rotatable bonds is 5. The van der Waals surface area contributed by atoms with Gasteiger partial charge in [0.1, 0.15) is 0 Å². The van der Waals surface area contributed by atoms with Crippen molar-refractivity contribution in [2.75, 3.05) is 20.6 Å². The maximum absolute atomic E-state index is 12.9. The molecular formula is C18H20F3N. The Balaban J connectivity index is 2.29. The first-order chi connectivity index (χ1) is 10.4.